The Labute approximate surface area is 190 Å². The molecule has 0 fully saturated rings. The van der Waals surface area contributed by atoms with Gasteiger partial charge in [0.15, 0.2) is 0 Å². The summed E-state index contributed by atoms with van der Waals surface area (Å²) in [6.07, 6.45) is 0. The van der Waals surface area contributed by atoms with E-state index in [1.807, 2.05) is 19.1 Å². The van der Waals surface area contributed by atoms with Gasteiger partial charge in [0.1, 0.15) is 5.56 Å². The van der Waals surface area contributed by atoms with Crippen molar-refractivity contribution in [2.45, 2.75) is 6.92 Å². The maximum Gasteiger partial charge on any atom is 0.282 e. The summed E-state index contributed by atoms with van der Waals surface area (Å²) in [5, 5.41) is 19.0. The van der Waals surface area contributed by atoms with Crippen LogP contribution in [0.3, 0.4) is 0 Å². The van der Waals surface area contributed by atoms with Gasteiger partial charge in [-0.1, -0.05) is 29.8 Å². The average molecular weight is 446 g/mol. The number of aryl methyl sites for hydroxylation is 1. The summed E-state index contributed by atoms with van der Waals surface area (Å²) >= 11 is 0. The summed E-state index contributed by atoms with van der Waals surface area (Å²) in [6, 6.07) is 19.2. The first kappa shape index (κ1) is 23.1. The van der Waals surface area contributed by atoms with E-state index >= 15 is 0 Å². The second-order valence-corrected chi connectivity index (χ2v) is 7.18. The van der Waals surface area contributed by atoms with Crippen LogP contribution in [0.4, 0.5) is 11.4 Å². The largest absolute Gasteiger partial charge is 0.350 e. The van der Waals surface area contributed by atoms with Gasteiger partial charge < -0.3 is 16.0 Å². The van der Waals surface area contributed by atoms with Crippen LogP contribution in [-0.4, -0.2) is 35.7 Å². The molecular weight excluding hydrogens is 424 g/mol. The molecule has 33 heavy (non-hydrogen) atoms. The number of nitrogens with one attached hydrogen (secondary N) is 3. The molecule has 0 bridgehead atoms. The van der Waals surface area contributed by atoms with Crippen molar-refractivity contribution in [3.8, 4) is 0 Å². The lowest BCUT2D eigenvalue weighted by Crippen LogP contribution is -2.34. The molecule has 3 N–H and O–H groups in total. The van der Waals surface area contributed by atoms with Gasteiger partial charge >= 0.3 is 0 Å². The van der Waals surface area contributed by atoms with E-state index in [9.17, 15) is 24.5 Å². The molecule has 3 amide bonds. The highest BCUT2D eigenvalue weighted by Gasteiger charge is 2.18. The number of nitrogens with zero attached hydrogens (tertiary/aromatic N) is 1. The molecule has 0 saturated heterocycles. The lowest BCUT2D eigenvalue weighted by molar-refractivity contribution is -0.385. The van der Waals surface area contributed by atoms with Crippen molar-refractivity contribution < 1.29 is 19.3 Å². The molecule has 3 aromatic carbocycles. The fourth-order valence-electron chi connectivity index (χ4n) is 2.99. The molecule has 0 heterocycles. The molecular formula is C24H22N4O5. The Balaban J connectivity index is 1.47. The maximum atomic E-state index is 12.3. The van der Waals surface area contributed by atoms with Crippen LogP contribution in [0.15, 0.2) is 72.8 Å². The monoisotopic (exact) mass is 446 g/mol. The van der Waals surface area contributed by atoms with E-state index < -0.39 is 10.8 Å². The SMILES string of the molecule is Cc1ccc(C(=O)Nc2ccc(C(=O)NCCNC(=O)c3ccccc3[N+](=O)[O-])cc2)cc1. The van der Waals surface area contributed by atoms with E-state index in [2.05, 4.69) is 16.0 Å². The van der Waals surface area contributed by atoms with Gasteiger partial charge in [0, 0.05) is 36.0 Å². The Morgan fingerprint density at radius 3 is 1.94 bits per heavy atom. The Kier molecular flexibility index (Phi) is 7.48. The van der Waals surface area contributed by atoms with Gasteiger partial charge in [-0.2, -0.15) is 0 Å². The molecule has 0 aliphatic carbocycles. The van der Waals surface area contributed by atoms with Gasteiger partial charge in [0.25, 0.3) is 23.4 Å². The normalized spacial score (nSPS) is 10.2. The summed E-state index contributed by atoms with van der Waals surface area (Å²) in [5.74, 6) is -1.20. The van der Waals surface area contributed by atoms with Gasteiger partial charge in [-0.15, -0.1) is 0 Å². The van der Waals surface area contributed by atoms with E-state index in [0.717, 1.165) is 5.56 Å². The number of nitro groups is 1. The van der Waals surface area contributed by atoms with E-state index in [1.54, 1.807) is 36.4 Å². The van der Waals surface area contributed by atoms with Crippen molar-refractivity contribution in [2.75, 3.05) is 18.4 Å². The number of carbonyl (C=O) groups excluding carboxylic acids is 3. The Morgan fingerprint density at radius 1 is 0.758 bits per heavy atom. The fraction of sp³-hybridized carbons (Fsp3) is 0.125. The Hall–Kier alpha value is -4.53. The zero-order chi connectivity index (χ0) is 23.8. The number of carbonyl (C=O) groups is 3. The number of para-hydroxylation sites is 1. The third kappa shape index (κ3) is 6.23. The number of nitro benzene ring substituents is 1. The molecule has 9 nitrogen and oxygen atoms in total. The third-order valence-electron chi connectivity index (χ3n) is 4.76. The van der Waals surface area contributed by atoms with E-state index in [4.69, 9.17) is 0 Å². The maximum absolute atomic E-state index is 12.3. The van der Waals surface area contributed by atoms with Crippen LogP contribution in [0, 0.1) is 17.0 Å². The summed E-state index contributed by atoms with van der Waals surface area (Å²) in [4.78, 5) is 47.1. The van der Waals surface area contributed by atoms with Crippen molar-refractivity contribution in [1.82, 2.24) is 10.6 Å². The van der Waals surface area contributed by atoms with Crippen LogP contribution >= 0.6 is 0 Å². The molecule has 0 radical (unpaired) electrons. The highest BCUT2D eigenvalue weighted by Crippen LogP contribution is 2.17. The summed E-state index contributed by atoms with van der Waals surface area (Å²) in [7, 11) is 0. The summed E-state index contributed by atoms with van der Waals surface area (Å²) < 4.78 is 0. The van der Waals surface area contributed by atoms with Gasteiger partial charge in [0.2, 0.25) is 0 Å². The van der Waals surface area contributed by atoms with Crippen molar-refractivity contribution >= 4 is 29.1 Å². The molecule has 3 rings (SSSR count). The molecule has 3 aromatic rings. The first-order chi connectivity index (χ1) is 15.8. The van der Waals surface area contributed by atoms with Crippen molar-refractivity contribution in [2.24, 2.45) is 0 Å². The summed E-state index contributed by atoms with van der Waals surface area (Å²) in [5.41, 5.74) is 2.20. The third-order valence-corrected chi connectivity index (χ3v) is 4.76. The number of anilines is 1. The predicted octanol–water partition coefficient (Wildman–Crippen LogP) is 3.32. The minimum atomic E-state index is -0.621. The topological polar surface area (TPSA) is 130 Å². The Morgan fingerprint density at radius 2 is 1.30 bits per heavy atom. The predicted molar refractivity (Wildman–Crippen MR) is 123 cm³/mol. The zero-order valence-electron chi connectivity index (χ0n) is 17.8. The lowest BCUT2D eigenvalue weighted by Gasteiger charge is -2.09. The molecule has 0 aliphatic heterocycles. The zero-order valence-corrected chi connectivity index (χ0v) is 17.8. The molecule has 0 aromatic heterocycles. The Bertz CT molecular complexity index is 1170. The van der Waals surface area contributed by atoms with Crippen LogP contribution in [0.5, 0.6) is 0 Å². The minimum absolute atomic E-state index is 0.0444. The lowest BCUT2D eigenvalue weighted by atomic mass is 10.1. The fourth-order valence-corrected chi connectivity index (χ4v) is 2.99. The number of hydrogen-bond donors (Lipinski definition) is 3. The van der Waals surface area contributed by atoms with Crippen molar-refractivity contribution in [3.63, 3.8) is 0 Å². The molecule has 0 aliphatic rings. The van der Waals surface area contributed by atoms with Crippen LogP contribution in [0.1, 0.15) is 36.6 Å². The van der Waals surface area contributed by atoms with Crippen molar-refractivity contribution in [1.29, 1.82) is 0 Å². The number of amides is 3. The molecule has 0 spiro atoms. The molecule has 0 atom stereocenters. The van der Waals surface area contributed by atoms with Crippen LogP contribution in [0.25, 0.3) is 0 Å². The molecule has 168 valence electrons. The molecule has 0 saturated carbocycles. The smallest absolute Gasteiger partial charge is 0.282 e. The van der Waals surface area contributed by atoms with E-state index in [0.29, 0.717) is 16.8 Å². The second-order valence-electron chi connectivity index (χ2n) is 7.18. The second kappa shape index (κ2) is 10.7. The first-order valence-corrected chi connectivity index (χ1v) is 10.1. The highest BCUT2D eigenvalue weighted by atomic mass is 16.6. The van der Waals surface area contributed by atoms with Crippen LogP contribution in [0.2, 0.25) is 0 Å². The van der Waals surface area contributed by atoms with Gasteiger partial charge in [-0.25, -0.2) is 0 Å². The van der Waals surface area contributed by atoms with Crippen LogP contribution < -0.4 is 16.0 Å². The van der Waals surface area contributed by atoms with Gasteiger partial charge in [-0.05, 0) is 49.4 Å². The van der Waals surface area contributed by atoms with E-state index in [-0.39, 0.29) is 36.2 Å². The highest BCUT2D eigenvalue weighted by molar-refractivity contribution is 6.04. The first-order valence-electron chi connectivity index (χ1n) is 10.1. The van der Waals surface area contributed by atoms with Gasteiger partial charge in [-0.3, -0.25) is 24.5 Å². The average Bonchev–Trinajstić information content (AvgIpc) is 2.82. The summed E-state index contributed by atoms with van der Waals surface area (Å²) in [6.45, 7) is 2.17. The number of rotatable bonds is 8. The van der Waals surface area contributed by atoms with Gasteiger partial charge in [0.05, 0.1) is 4.92 Å². The molecule has 9 heteroatoms. The quantitative estimate of drug-likeness (QED) is 0.278. The van der Waals surface area contributed by atoms with E-state index in [1.165, 1.54) is 24.3 Å². The molecule has 0 unspecified atom stereocenters. The van der Waals surface area contributed by atoms with Crippen molar-refractivity contribution in [3.05, 3.63) is 105 Å². The standard InChI is InChI=1S/C24H22N4O5/c1-16-6-8-18(9-7-16)23(30)27-19-12-10-17(11-13-19)22(29)25-14-15-26-24(31)20-4-2-3-5-21(20)28(32)33/h2-13H,14-15H2,1H3,(H,25,29)(H,26,31)(H,27,30). The van der Waals surface area contributed by atoms with Crippen LogP contribution in [-0.2, 0) is 0 Å². The number of benzene rings is 3. The minimum Gasteiger partial charge on any atom is -0.350 e. The number of hydrogen-bond acceptors (Lipinski definition) is 5.